The topological polar surface area (TPSA) is 78.3 Å². The number of carbonyl (C=O) groups excluding carboxylic acids is 1. The summed E-state index contributed by atoms with van der Waals surface area (Å²) < 4.78 is 2.16. The Bertz CT molecular complexity index is 1740. The normalized spacial score (nSPS) is 21.2. The summed E-state index contributed by atoms with van der Waals surface area (Å²) in [4.78, 5) is 28.1. The molecule has 4 aromatic rings. The highest BCUT2D eigenvalue weighted by Gasteiger charge is 2.44. The number of hydrogen-bond acceptors (Lipinski definition) is 6. The molecule has 0 atom stereocenters. The van der Waals surface area contributed by atoms with E-state index in [9.17, 15) is 4.79 Å². The largest absolute Gasteiger partial charge is 0.367 e. The average molecular weight is 606 g/mol. The van der Waals surface area contributed by atoms with Gasteiger partial charge in [-0.3, -0.25) is 4.79 Å². The minimum absolute atomic E-state index is 0.102. The smallest absolute Gasteiger partial charge is 0.251 e. The van der Waals surface area contributed by atoms with E-state index in [-0.39, 0.29) is 17.4 Å². The Morgan fingerprint density at radius 3 is 2.51 bits per heavy atom. The maximum Gasteiger partial charge on any atom is 0.251 e. The maximum atomic E-state index is 12.6. The molecule has 8 heteroatoms. The van der Waals surface area contributed by atoms with Gasteiger partial charge in [-0.15, -0.1) is 0 Å². The van der Waals surface area contributed by atoms with E-state index in [1.54, 1.807) is 7.05 Å². The van der Waals surface area contributed by atoms with Crippen LogP contribution in [0.5, 0.6) is 0 Å². The molecule has 2 aromatic heterocycles. The minimum Gasteiger partial charge on any atom is -0.367 e. The highest BCUT2D eigenvalue weighted by molar-refractivity contribution is 5.97. The molecular weight excluding hydrogens is 558 g/mol. The van der Waals surface area contributed by atoms with Crippen molar-refractivity contribution in [3.05, 3.63) is 65.5 Å². The highest BCUT2D eigenvalue weighted by Crippen LogP contribution is 2.47. The molecule has 0 radical (unpaired) electrons. The van der Waals surface area contributed by atoms with Gasteiger partial charge >= 0.3 is 0 Å². The number of pyridine rings is 1. The van der Waals surface area contributed by atoms with Gasteiger partial charge in [0, 0.05) is 59.6 Å². The van der Waals surface area contributed by atoms with Crippen LogP contribution in [0.3, 0.4) is 0 Å². The van der Waals surface area contributed by atoms with Gasteiger partial charge in [0.25, 0.3) is 5.91 Å². The minimum atomic E-state index is -0.102. The fourth-order valence-electron chi connectivity index (χ4n) is 7.72. The number of aromatic nitrogens is 3. The molecule has 4 heterocycles. The number of fused-ring (bicyclic) bond motifs is 2. The molecule has 7 rings (SSSR count). The summed E-state index contributed by atoms with van der Waals surface area (Å²) in [7, 11) is 1.66. The summed E-state index contributed by atoms with van der Waals surface area (Å²) in [5.74, 6) is 0.635. The third-order valence-corrected chi connectivity index (χ3v) is 10.4. The van der Waals surface area contributed by atoms with Gasteiger partial charge < -0.3 is 25.0 Å². The zero-order valence-electron chi connectivity index (χ0n) is 27.7. The summed E-state index contributed by atoms with van der Waals surface area (Å²) in [5, 5.41) is 6.32. The van der Waals surface area contributed by atoms with Crippen molar-refractivity contribution >= 4 is 34.1 Å². The number of carbonyl (C=O) groups is 1. The number of imidazole rings is 1. The van der Waals surface area contributed by atoms with Crippen LogP contribution in [-0.4, -0.2) is 64.1 Å². The number of nitrogens with zero attached hydrogens (tertiary/aromatic N) is 5. The Balaban J connectivity index is 1.24. The summed E-state index contributed by atoms with van der Waals surface area (Å²) >= 11 is 0. The number of rotatable bonds is 7. The van der Waals surface area contributed by atoms with E-state index in [0.717, 1.165) is 51.9 Å². The van der Waals surface area contributed by atoms with Crippen LogP contribution < -0.4 is 15.5 Å². The first-order chi connectivity index (χ1) is 21.6. The summed E-state index contributed by atoms with van der Waals surface area (Å²) in [6, 6.07) is 16.5. The van der Waals surface area contributed by atoms with Crippen LogP contribution in [0.2, 0.25) is 0 Å². The van der Waals surface area contributed by atoms with E-state index in [1.807, 2.05) is 31.5 Å². The molecule has 3 aliphatic rings. The van der Waals surface area contributed by atoms with E-state index >= 15 is 0 Å². The SMILES string of the molecule is CNC(=O)c1cc(Nc2nc(-c3ccc4c(c3)N(C3CC(N5CCCCC5)C3)CC4(C)C)cc3ncn(C(C)C)c23)ccc1C. The van der Waals surface area contributed by atoms with Crippen LogP contribution in [0, 0.1) is 6.92 Å². The van der Waals surface area contributed by atoms with Gasteiger partial charge in [0.15, 0.2) is 5.82 Å². The van der Waals surface area contributed by atoms with Crippen molar-refractivity contribution in [3.63, 3.8) is 0 Å². The zero-order chi connectivity index (χ0) is 31.5. The maximum absolute atomic E-state index is 12.6. The van der Waals surface area contributed by atoms with E-state index in [0.29, 0.717) is 11.6 Å². The molecule has 0 spiro atoms. The second-order valence-electron chi connectivity index (χ2n) is 14.3. The van der Waals surface area contributed by atoms with Gasteiger partial charge in [-0.1, -0.05) is 38.5 Å². The molecule has 1 saturated carbocycles. The van der Waals surface area contributed by atoms with Crippen molar-refractivity contribution in [3.8, 4) is 11.3 Å². The van der Waals surface area contributed by atoms with Crippen molar-refractivity contribution in [2.75, 3.05) is 36.9 Å². The lowest BCUT2D eigenvalue weighted by Gasteiger charge is -2.48. The number of piperidine rings is 1. The molecule has 1 amide bonds. The second kappa shape index (κ2) is 11.5. The lowest BCUT2D eigenvalue weighted by atomic mass is 9.83. The van der Waals surface area contributed by atoms with Gasteiger partial charge in [0.1, 0.15) is 5.52 Å². The van der Waals surface area contributed by atoms with E-state index in [2.05, 4.69) is 77.0 Å². The van der Waals surface area contributed by atoms with Gasteiger partial charge in [0.2, 0.25) is 0 Å². The Hall–Kier alpha value is -3.91. The van der Waals surface area contributed by atoms with E-state index in [1.165, 1.54) is 56.4 Å². The van der Waals surface area contributed by atoms with Crippen LogP contribution in [0.15, 0.2) is 48.8 Å². The Labute approximate surface area is 267 Å². The number of amides is 1. The fourth-order valence-corrected chi connectivity index (χ4v) is 7.72. The summed E-state index contributed by atoms with van der Waals surface area (Å²) in [6.45, 7) is 14.6. The fraction of sp³-hybridized carbons (Fsp3) is 0.486. The van der Waals surface area contributed by atoms with Crippen LogP contribution >= 0.6 is 0 Å². The molecule has 45 heavy (non-hydrogen) atoms. The van der Waals surface area contributed by atoms with Crippen molar-refractivity contribution in [1.82, 2.24) is 24.8 Å². The van der Waals surface area contributed by atoms with E-state index in [4.69, 9.17) is 9.97 Å². The second-order valence-corrected chi connectivity index (χ2v) is 14.3. The molecule has 1 aliphatic carbocycles. The van der Waals surface area contributed by atoms with Crippen LogP contribution in [0.4, 0.5) is 17.2 Å². The van der Waals surface area contributed by atoms with Gasteiger partial charge in [0.05, 0.1) is 17.5 Å². The molecule has 2 fully saturated rings. The molecule has 2 aliphatic heterocycles. The number of nitrogens with one attached hydrogen (secondary N) is 2. The molecule has 2 aromatic carbocycles. The summed E-state index contributed by atoms with van der Waals surface area (Å²) in [5.41, 5.74) is 9.14. The predicted molar refractivity (Wildman–Crippen MR) is 184 cm³/mol. The van der Waals surface area contributed by atoms with Gasteiger partial charge in [-0.25, -0.2) is 9.97 Å². The van der Waals surface area contributed by atoms with Crippen molar-refractivity contribution in [1.29, 1.82) is 0 Å². The molecule has 8 nitrogen and oxygen atoms in total. The molecular formula is C37H47N7O. The first-order valence-electron chi connectivity index (χ1n) is 16.8. The third kappa shape index (κ3) is 5.37. The van der Waals surface area contributed by atoms with Crippen LogP contribution in [0.25, 0.3) is 22.3 Å². The molecule has 0 unspecified atom stereocenters. The molecule has 236 valence electrons. The molecule has 1 saturated heterocycles. The highest BCUT2D eigenvalue weighted by atomic mass is 16.1. The molecule has 0 bridgehead atoms. The Morgan fingerprint density at radius 1 is 1.00 bits per heavy atom. The third-order valence-electron chi connectivity index (χ3n) is 10.4. The van der Waals surface area contributed by atoms with Crippen LogP contribution in [-0.2, 0) is 5.41 Å². The number of anilines is 3. The number of aryl methyl sites for hydroxylation is 1. The van der Waals surface area contributed by atoms with Crippen molar-refractivity contribution < 1.29 is 4.79 Å². The van der Waals surface area contributed by atoms with Crippen molar-refractivity contribution in [2.24, 2.45) is 0 Å². The average Bonchev–Trinajstić information content (AvgIpc) is 3.56. The zero-order valence-corrected chi connectivity index (χ0v) is 27.7. The van der Waals surface area contributed by atoms with Gasteiger partial charge in [-0.2, -0.15) is 0 Å². The lowest BCUT2D eigenvalue weighted by molar-refractivity contribution is 0.0873. The predicted octanol–water partition coefficient (Wildman–Crippen LogP) is 7.21. The first-order valence-corrected chi connectivity index (χ1v) is 16.8. The Morgan fingerprint density at radius 2 is 1.78 bits per heavy atom. The molecule has 2 N–H and O–H groups in total. The number of benzene rings is 2. The quantitative estimate of drug-likeness (QED) is 0.232. The Kier molecular flexibility index (Phi) is 7.59. The lowest BCUT2D eigenvalue weighted by Crippen LogP contribution is -2.55. The number of hydrogen-bond donors (Lipinski definition) is 2. The first kappa shape index (κ1) is 29.8. The van der Waals surface area contributed by atoms with Crippen LogP contribution in [0.1, 0.15) is 87.3 Å². The standard InChI is InChI=1S/C37H47N7O/c1-23(2)44-22-39-32-20-31(41-35(34(32)44)40-26-12-10-24(3)29(17-26)36(45)38-6)25-11-13-30-33(16-25)43(21-37(30,4)5)28-18-27(19-28)42-14-8-7-9-15-42/h10-13,16-17,20,22-23,27-28H,7-9,14-15,18-19,21H2,1-6H3,(H,38,45)(H,40,41). The summed E-state index contributed by atoms with van der Waals surface area (Å²) in [6.07, 6.45) is 8.53. The number of likely N-dealkylation sites (tertiary alicyclic amines) is 1. The van der Waals surface area contributed by atoms with Gasteiger partial charge in [-0.05, 0) is 94.9 Å². The monoisotopic (exact) mass is 605 g/mol. The van der Waals surface area contributed by atoms with Crippen molar-refractivity contribution in [2.45, 2.75) is 90.3 Å². The van der Waals surface area contributed by atoms with E-state index < -0.39 is 0 Å².